The standard InChI is InChI=1S/C7H13N3OS/c8-2-1-4-10-7(11)6-12-5-3-9/h1,3-6,9H2,(H,10,11). The van der Waals surface area contributed by atoms with Gasteiger partial charge in [-0.05, 0) is 0 Å². The molecule has 0 fully saturated rings. The first-order valence-corrected chi connectivity index (χ1v) is 4.88. The quantitative estimate of drug-likeness (QED) is 0.560. The molecule has 3 N–H and O–H groups in total. The van der Waals surface area contributed by atoms with Gasteiger partial charge in [-0.1, -0.05) is 0 Å². The molecule has 0 radical (unpaired) electrons. The van der Waals surface area contributed by atoms with Gasteiger partial charge in [-0.2, -0.15) is 17.0 Å². The van der Waals surface area contributed by atoms with Crippen molar-refractivity contribution in [2.24, 2.45) is 5.73 Å². The van der Waals surface area contributed by atoms with E-state index in [1.165, 1.54) is 11.8 Å². The monoisotopic (exact) mass is 187 g/mol. The number of nitrogens with zero attached hydrogens (tertiary/aromatic N) is 1. The molecule has 68 valence electrons. The van der Waals surface area contributed by atoms with Gasteiger partial charge in [0.2, 0.25) is 5.91 Å². The SMILES string of the molecule is N#CCCNC(=O)CSCCN. The fourth-order valence-electron chi connectivity index (χ4n) is 0.557. The zero-order valence-electron chi connectivity index (χ0n) is 6.88. The van der Waals surface area contributed by atoms with Gasteiger partial charge in [0.25, 0.3) is 0 Å². The molecule has 0 aromatic rings. The van der Waals surface area contributed by atoms with Crippen LogP contribution in [0.4, 0.5) is 0 Å². The summed E-state index contributed by atoms with van der Waals surface area (Å²) in [5, 5.41) is 10.8. The number of thioether (sulfide) groups is 1. The van der Waals surface area contributed by atoms with Crippen molar-refractivity contribution in [3.8, 4) is 6.07 Å². The normalized spacial score (nSPS) is 9.00. The number of amides is 1. The van der Waals surface area contributed by atoms with E-state index >= 15 is 0 Å². The topological polar surface area (TPSA) is 78.9 Å². The summed E-state index contributed by atoms with van der Waals surface area (Å²) in [6, 6.07) is 1.95. The third-order valence-electron chi connectivity index (χ3n) is 1.05. The predicted molar refractivity (Wildman–Crippen MR) is 49.6 cm³/mol. The second-order valence-corrected chi connectivity index (χ2v) is 3.20. The van der Waals surface area contributed by atoms with Crippen molar-refractivity contribution in [3.63, 3.8) is 0 Å². The van der Waals surface area contributed by atoms with Gasteiger partial charge in [-0.3, -0.25) is 4.79 Å². The number of rotatable bonds is 6. The fourth-order valence-corrected chi connectivity index (χ4v) is 1.16. The van der Waals surface area contributed by atoms with E-state index in [0.29, 0.717) is 25.3 Å². The summed E-state index contributed by atoms with van der Waals surface area (Å²) in [6.45, 7) is 1.04. The molecule has 0 aromatic heterocycles. The van der Waals surface area contributed by atoms with Crippen LogP contribution in [0.25, 0.3) is 0 Å². The van der Waals surface area contributed by atoms with Crippen LogP contribution in [0, 0.1) is 11.3 Å². The van der Waals surface area contributed by atoms with Crippen LogP contribution in [-0.2, 0) is 4.79 Å². The Morgan fingerprint density at radius 3 is 3.00 bits per heavy atom. The van der Waals surface area contributed by atoms with Crippen molar-refractivity contribution in [1.82, 2.24) is 5.32 Å². The summed E-state index contributed by atoms with van der Waals surface area (Å²) in [6.07, 6.45) is 0.368. The average molecular weight is 187 g/mol. The van der Waals surface area contributed by atoms with Crippen LogP contribution in [-0.4, -0.2) is 30.5 Å². The highest BCUT2D eigenvalue weighted by Gasteiger charge is 1.98. The summed E-state index contributed by atoms with van der Waals surface area (Å²) >= 11 is 1.50. The molecule has 0 spiro atoms. The molecule has 0 atom stereocenters. The lowest BCUT2D eigenvalue weighted by atomic mass is 10.4. The van der Waals surface area contributed by atoms with Crippen molar-refractivity contribution in [2.45, 2.75) is 6.42 Å². The number of nitrogens with two attached hydrogens (primary N) is 1. The molecule has 0 aromatic carbocycles. The van der Waals surface area contributed by atoms with E-state index in [1.54, 1.807) is 0 Å². The molecule has 1 amide bonds. The van der Waals surface area contributed by atoms with Gasteiger partial charge in [0.05, 0.1) is 18.2 Å². The number of hydrogen-bond donors (Lipinski definition) is 2. The maximum atomic E-state index is 10.9. The van der Waals surface area contributed by atoms with Crippen LogP contribution in [0.15, 0.2) is 0 Å². The smallest absolute Gasteiger partial charge is 0.230 e. The molecular weight excluding hydrogens is 174 g/mol. The lowest BCUT2D eigenvalue weighted by Gasteiger charge is -2.00. The highest BCUT2D eigenvalue weighted by molar-refractivity contribution is 7.99. The Balaban J connectivity index is 3.17. The van der Waals surface area contributed by atoms with Gasteiger partial charge in [-0.25, -0.2) is 0 Å². The Labute approximate surface area is 76.5 Å². The van der Waals surface area contributed by atoms with Crippen molar-refractivity contribution < 1.29 is 4.79 Å². The molecule has 0 aliphatic carbocycles. The Hall–Kier alpha value is -0.730. The molecular formula is C7H13N3OS. The molecule has 5 heteroatoms. The minimum absolute atomic E-state index is 0.0244. The molecule has 0 saturated heterocycles. The van der Waals surface area contributed by atoms with E-state index in [1.807, 2.05) is 6.07 Å². The van der Waals surface area contributed by atoms with Gasteiger partial charge in [-0.15, -0.1) is 0 Å². The van der Waals surface area contributed by atoms with Crippen LogP contribution < -0.4 is 11.1 Å². The summed E-state index contributed by atoms with van der Waals surface area (Å²) in [4.78, 5) is 10.9. The first kappa shape index (κ1) is 11.3. The van der Waals surface area contributed by atoms with E-state index in [9.17, 15) is 4.79 Å². The fraction of sp³-hybridized carbons (Fsp3) is 0.714. The molecule has 0 aliphatic heterocycles. The first-order chi connectivity index (χ1) is 5.81. The Kier molecular flexibility index (Phi) is 7.86. The van der Waals surface area contributed by atoms with E-state index in [0.717, 1.165) is 5.75 Å². The lowest BCUT2D eigenvalue weighted by Crippen LogP contribution is -2.26. The molecule has 0 unspecified atom stereocenters. The number of nitrogens with one attached hydrogen (secondary N) is 1. The summed E-state index contributed by atoms with van der Waals surface area (Å²) < 4.78 is 0. The van der Waals surface area contributed by atoms with Gasteiger partial charge in [0, 0.05) is 18.8 Å². The van der Waals surface area contributed by atoms with Crippen molar-refractivity contribution in [3.05, 3.63) is 0 Å². The third kappa shape index (κ3) is 7.38. The van der Waals surface area contributed by atoms with Crippen LogP contribution >= 0.6 is 11.8 Å². The first-order valence-electron chi connectivity index (χ1n) is 3.72. The average Bonchev–Trinajstić information content (AvgIpc) is 2.06. The van der Waals surface area contributed by atoms with Crippen LogP contribution in [0.1, 0.15) is 6.42 Å². The summed E-state index contributed by atoms with van der Waals surface area (Å²) in [5.41, 5.74) is 5.24. The van der Waals surface area contributed by atoms with Crippen LogP contribution in [0.3, 0.4) is 0 Å². The van der Waals surface area contributed by atoms with Crippen molar-refractivity contribution >= 4 is 17.7 Å². The molecule has 4 nitrogen and oxygen atoms in total. The van der Waals surface area contributed by atoms with Gasteiger partial charge in [0.15, 0.2) is 0 Å². The maximum absolute atomic E-state index is 10.9. The largest absolute Gasteiger partial charge is 0.354 e. The Morgan fingerprint density at radius 2 is 2.42 bits per heavy atom. The van der Waals surface area contributed by atoms with E-state index in [2.05, 4.69) is 5.32 Å². The van der Waals surface area contributed by atoms with E-state index in [-0.39, 0.29) is 5.91 Å². The maximum Gasteiger partial charge on any atom is 0.230 e. The molecule has 0 heterocycles. The van der Waals surface area contributed by atoms with Gasteiger partial charge >= 0.3 is 0 Å². The van der Waals surface area contributed by atoms with Gasteiger partial charge in [0.1, 0.15) is 0 Å². The minimum Gasteiger partial charge on any atom is -0.354 e. The Bertz CT molecular complexity index is 167. The number of carbonyl (C=O) groups is 1. The van der Waals surface area contributed by atoms with Crippen molar-refractivity contribution in [2.75, 3.05) is 24.6 Å². The second-order valence-electron chi connectivity index (χ2n) is 2.10. The highest BCUT2D eigenvalue weighted by Crippen LogP contribution is 1.95. The number of nitriles is 1. The van der Waals surface area contributed by atoms with E-state index < -0.39 is 0 Å². The molecule has 0 bridgehead atoms. The zero-order chi connectivity index (χ0) is 9.23. The van der Waals surface area contributed by atoms with Gasteiger partial charge < -0.3 is 11.1 Å². The van der Waals surface area contributed by atoms with Crippen LogP contribution in [0.5, 0.6) is 0 Å². The van der Waals surface area contributed by atoms with Crippen molar-refractivity contribution in [1.29, 1.82) is 5.26 Å². The second kappa shape index (κ2) is 8.37. The van der Waals surface area contributed by atoms with Crippen LogP contribution in [0.2, 0.25) is 0 Å². The summed E-state index contributed by atoms with van der Waals surface area (Å²) in [7, 11) is 0. The highest BCUT2D eigenvalue weighted by atomic mass is 32.2. The molecule has 0 rings (SSSR count). The molecule has 0 aliphatic rings. The minimum atomic E-state index is -0.0244. The molecule has 12 heavy (non-hydrogen) atoms. The number of carbonyl (C=O) groups excluding carboxylic acids is 1. The summed E-state index contributed by atoms with van der Waals surface area (Å²) in [5.74, 6) is 1.21. The lowest BCUT2D eigenvalue weighted by molar-refractivity contribution is -0.118. The third-order valence-corrected chi connectivity index (χ3v) is 2.05. The van der Waals surface area contributed by atoms with E-state index in [4.69, 9.17) is 11.0 Å². The Morgan fingerprint density at radius 1 is 1.67 bits per heavy atom. The molecule has 0 saturated carbocycles. The number of hydrogen-bond acceptors (Lipinski definition) is 4. The zero-order valence-corrected chi connectivity index (χ0v) is 7.69. The predicted octanol–water partition coefficient (Wildman–Crippen LogP) is -0.292.